The molecular weight excluding hydrogens is 308 g/mol. The Hall–Kier alpha value is -1.84. The Balaban J connectivity index is 1.35. The van der Waals surface area contributed by atoms with Gasteiger partial charge in [0.1, 0.15) is 5.75 Å². The van der Waals surface area contributed by atoms with Crippen LogP contribution in [0.1, 0.15) is 35.1 Å². The summed E-state index contributed by atoms with van der Waals surface area (Å²) in [6.07, 6.45) is 3.81. The van der Waals surface area contributed by atoms with Gasteiger partial charge in [0.2, 0.25) is 0 Å². The van der Waals surface area contributed by atoms with Crippen LogP contribution >= 0.6 is 0 Å². The smallest absolute Gasteiger partial charge is 0.119 e. The normalized spacial score (nSPS) is 17.3. The molecule has 0 radical (unpaired) electrons. The van der Waals surface area contributed by atoms with Gasteiger partial charge in [-0.05, 0) is 66.6 Å². The van der Waals surface area contributed by atoms with Gasteiger partial charge in [0.15, 0.2) is 0 Å². The molecule has 1 saturated carbocycles. The average molecular weight is 336 g/mol. The second kappa shape index (κ2) is 7.59. The van der Waals surface area contributed by atoms with Gasteiger partial charge in [-0.15, -0.1) is 0 Å². The Morgan fingerprint density at radius 3 is 2.60 bits per heavy atom. The van der Waals surface area contributed by atoms with Crippen LogP contribution < -0.4 is 10.1 Å². The van der Waals surface area contributed by atoms with Crippen LogP contribution in [-0.2, 0) is 26.1 Å². The second-order valence-corrected chi connectivity index (χ2v) is 7.49. The van der Waals surface area contributed by atoms with Crippen LogP contribution in [0.2, 0.25) is 0 Å². The first kappa shape index (κ1) is 16.6. The molecule has 0 atom stereocenters. The Bertz CT molecular complexity index is 706. The molecule has 1 heterocycles. The van der Waals surface area contributed by atoms with E-state index in [4.69, 9.17) is 4.74 Å². The molecule has 0 aromatic heterocycles. The maximum Gasteiger partial charge on any atom is 0.119 e. The predicted octanol–water partition coefficient (Wildman–Crippen LogP) is 3.75. The highest BCUT2D eigenvalue weighted by molar-refractivity contribution is 5.37. The van der Waals surface area contributed by atoms with E-state index in [2.05, 4.69) is 52.7 Å². The third kappa shape index (κ3) is 4.42. The molecule has 4 rings (SSSR count). The van der Waals surface area contributed by atoms with Crippen molar-refractivity contribution in [3.63, 3.8) is 0 Å². The van der Waals surface area contributed by atoms with Gasteiger partial charge < -0.3 is 10.1 Å². The fourth-order valence-electron chi connectivity index (χ4n) is 3.54. The van der Waals surface area contributed by atoms with E-state index in [0.29, 0.717) is 0 Å². The molecule has 1 fully saturated rings. The summed E-state index contributed by atoms with van der Waals surface area (Å²) in [7, 11) is 1.99. The van der Waals surface area contributed by atoms with Gasteiger partial charge in [0, 0.05) is 26.2 Å². The Morgan fingerprint density at radius 2 is 1.84 bits per heavy atom. The monoisotopic (exact) mass is 336 g/mol. The van der Waals surface area contributed by atoms with Gasteiger partial charge in [0.25, 0.3) is 0 Å². The molecule has 1 aliphatic heterocycles. The maximum atomic E-state index is 5.93. The number of ether oxygens (including phenoxy) is 1. The number of benzene rings is 2. The van der Waals surface area contributed by atoms with Crippen LogP contribution in [-0.4, -0.2) is 25.1 Å². The molecule has 25 heavy (non-hydrogen) atoms. The van der Waals surface area contributed by atoms with Crippen LogP contribution in [0.3, 0.4) is 0 Å². The molecule has 0 unspecified atom stereocenters. The van der Waals surface area contributed by atoms with E-state index in [-0.39, 0.29) is 0 Å². The molecule has 0 saturated heterocycles. The van der Waals surface area contributed by atoms with Gasteiger partial charge in [-0.25, -0.2) is 0 Å². The van der Waals surface area contributed by atoms with Crippen LogP contribution in [0.5, 0.6) is 5.75 Å². The Kier molecular flexibility index (Phi) is 5.04. The first-order valence-electron chi connectivity index (χ1n) is 9.49. The van der Waals surface area contributed by atoms with Gasteiger partial charge in [-0.2, -0.15) is 0 Å². The van der Waals surface area contributed by atoms with Crippen LogP contribution in [0, 0.1) is 5.92 Å². The van der Waals surface area contributed by atoms with Crippen molar-refractivity contribution in [3.05, 3.63) is 64.7 Å². The molecule has 2 aromatic rings. The largest absolute Gasteiger partial charge is 0.493 e. The maximum absolute atomic E-state index is 5.93. The van der Waals surface area contributed by atoms with E-state index in [1.807, 2.05) is 7.05 Å². The summed E-state index contributed by atoms with van der Waals surface area (Å²) in [5.41, 5.74) is 5.66. The summed E-state index contributed by atoms with van der Waals surface area (Å²) >= 11 is 0. The highest BCUT2D eigenvalue weighted by atomic mass is 16.5. The fourth-order valence-corrected chi connectivity index (χ4v) is 3.54. The van der Waals surface area contributed by atoms with Crippen LogP contribution in [0.25, 0.3) is 0 Å². The van der Waals surface area contributed by atoms with Crippen molar-refractivity contribution in [3.8, 4) is 5.75 Å². The van der Waals surface area contributed by atoms with Crippen LogP contribution in [0.15, 0.2) is 42.5 Å². The number of rotatable bonds is 7. The van der Waals surface area contributed by atoms with Gasteiger partial charge in [-0.3, -0.25) is 4.90 Å². The third-order valence-electron chi connectivity index (χ3n) is 5.26. The summed E-state index contributed by atoms with van der Waals surface area (Å²) in [5.74, 6) is 1.87. The van der Waals surface area contributed by atoms with E-state index in [9.17, 15) is 0 Å². The third-order valence-corrected chi connectivity index (χ3v) is 5.26. The zero-order valence-corrected chi connectivity index (χ0v) is 15.1. The minimum absolute atomic E-state index is 0.811. The van der Waals surface area contributed by atoms with E-state index < -0.39 is 0 Å². The number of nitrogens with zero attached hydrogens (tertiary/aromatic N) is 1. The molecule has 3 heteroatoms. The van der Waals surface area contributed by atoms with E-state index >= 15 is 0 Å². The lowest BCUT2D eigenvalue weighted by molar-refractivity contribution is 0.244. The topological polar surface area (TPSA) is 24.5 Å². The molecule has 3 nitrogen and oxygen atoms in total. The lowest BCUT2D eigenvalue weighted by atomic mass is 9.99. The Labute approximate surface area is 151 Å². The van der Waals surface area contributed by atoms with Crippen molar-refractivity contribution in [2.24, 2.45) is 5.92 Å². The van der Waals surface area contributed by atoms with E-state index in [1.165, 1.54) is 35.1 Å². The van der Waals surface area contributed by atoms with Crippen molar-refractivity contribution in [2.75, 3.05) is 20.2 Å². The van der Waals surface area contributed by atoms with E-state index in [0.717, 1.165) is 50.9 Å². The number of nitrogens with one attached hydrogen (secondary N) is 1. The standard InChI is InChI=1S/C22H28N2O/c1-23-13-17-2-4-18(5-3-17)14-24-11-10-20-12-22(9-8-21(20)15-24)25-16-19-6-7-19/h2-5,8-9,12,19,23H,6-7,10-11,13-16H2,1H3. The summed E-state index contributed by atoms with van der Waals surface area (Å²) in [6.45, 7) is 5.02. The molecule has 0 bridgehead atoms. The van der Waals surface area contributed by atoms with E-state index in [1.54, 1.807) is 0 Å². The lowest BCUT2D eigenvalue weighted by Gasteiger charge is -2.29. The SMILES string of the molecule is CNCc1ccc(CN2CCc3cc(OCC4CC4)ccc3C2)cc1. The first-order chi connectivity index (χ1) is 12.3. The fraction of sp³-hybridized carbons (Fsp3) is 0.455. The summed E-state index contributed by atoms with van der Waals surface area (Å²) < 4.78 is 5.93. The van der Waals surface area contributed by atoms with Crippen molar-refractivity contribution in [2.45, 2.75) is 38.9 Å². The van der Waals surface area contributed by atoms with Gasteiger partial charge in [-0.1, -0.05) is 30.3 Å². The summed E-state index contributed by atoms with van der Waals surface area (Å²) in [5, 5.41) is 3.20. The lowest BCUT2D eigenvalue weighted by Crippen LogP contribution is -2.30. The molecule has 132 valence electrons. The molecule has 0 spiro atoms. The van der Waals surface area contributed by atoms with Crippen LogP contribution in [0.4, 0.5) is 0 Å². The number of hydrogen-bond acceptors (Lipinski definition) is 3. The Morgan fingerprint density at radius 1 is 1.04 bits per heavy atom. The van der Waals surface area contributed by atoms with Crippen molar-refractivity contribution >= 4 is 0 Å². The number of fused-ring (bicyclic) bond motifs is 1. The zero-order valence-electron chi connectivity index (χ0n) is 15.1. The minimum atomic E-state index is 0.811. The van der Waals surface area contributed by atoms with Crippen molar-refractivity contribution in [1.82, 2.24) is 10.2 Å². The summed E-state index contributed by atoms with van der Waals surface area (Å²) in [4.78, 5) is 2.54. The molecular formula is C22H28N2O. The zero-order chi connectivity index (χ0) is 17.1. The quantitative estimate of drug-likeness (QED) is 0.833. The first-order valence-corrected chi connectivity index (χ1v) is 9.49. The minimum Gasteiger partial charge on any atom is -0.493 e. The summed E-state index contributed by atoms with van der Waals surface area (Å²) in [6, 6.07) is 15.7. The van der Waals surface area contributed by atoms with Crippen molar-refractivity contribution < 1.29 is 4.74 Å². The van der Waals surface area contributed by atoms with Gasteiger partial charge in [0.05, 0.1) is 6.61 Å². The van der Waals surface area contributed by atoms with Crippen molar-refractivity contribution in [1.29, 1.82) is 0 Å². The second-order valence-electron chi connectivity index (χ2n) is 7.49. The average Bonchev–Trinajstić information content (AvgIpc) is 3.46. The highest BCUT2D eigenvalue weighted by Crippen LogP contribution is 2.30. The molecule has 1 N–H and O–H groups in total. The molecule has 2 aliphatic rings. The van der Waals surface area contributed by atoms with Gasteiger partial charge >= 0.3 is 0 Å². The molecule has 0 amide bonds. The number of hydrogen-bond donors (Lipinski definition) is 1. The predicted molar refractivity (Wildman–Crippen MR) is 102 cm³/mol. The highest BCUT2D eigenvalue weighted by Gasteiger charge is 2.22. The molecule has 1 aliphatic carbocycles. The molecule has 2 aromatic carbocycles.